The van der Waals surface area contributed by atoms with Gasteiger partial charge in [-0.1, -0.05) is 18.9 Å². The molecule has 2 aliphatic rings. The van der Waals surface area contributed by atoms with Gasteiger partial charge in [-0.05, 0) is 56.0 Å². The Morgan fingerprint density at radius 1 is 1.24 bits per heavy atom. The van der Waals surface area contributed by atoms with E-state index in [2.05, 4.69) is 17.4 Å². The first kappa shape index (κ1) is 15.0. The van der Waals surface area contributed by atoms with Crippen LogP contribution in [0.5, 0.6) is 5.75 Å². The molecule has 3 unspecified atom stereocenters. The predicted molar refractivity (Wildman–Crippen MR) is 87.3 cm³/mol. The quantitative estimate of drug-likeness (QED) is 0.929. The first-order valence-corrected chi connectivity index (χ1v) is 9.25. The van der Waals surface area contributed by atoms with Gasteiger partial charge < -0.3 is 10.1 Å². The van der Waals surface area contributed by atoms with Crippen LogP contribution in [0.25, 0.3) is 0 Å². The molecule has 0 saturated heterocycles. The molecule has 1 aromatic rings. The van der Waals surface area contributed by atoms with Gasteiger partial charge in [-0.3, -0.25) is 4.21 Å². The molecule has 3 nitrogen and oxygen atoms in total. The van der Waals surface area contributed by atoms with Gasteiger partial charge in [-0.25, -0.2) is 0 Å². The van der Waals surface area contributed by atoms with Crippen LogP contribution in [0.2, 0.25) is 0 Å². The summed E-state index contributed by atoms with van der Waals surface area (Å²) < 4.78 is 18.3. The number of methoxy groups -OCH3 is 1. The Bertz CT molecular complexity index is 526. The first-order valence-electron chi connectivity index (χ1n) is 7.98. The highest BCUT2D eigenvalue weighted by atomic mass is 32.2. The molecule has 21 heavy (non-hydrogen) atoms. The van der Waals surface area contributed by atoms with Crippen LogP contribution in [-0.4, -0.2) is 28.9 Å². The number of nitrogens with one attached hydrogen (secondary N) is 1. The molecular weight excluding hydrogens is 282 g/mol. The molecule has 3 atom stereocenters. The Morgan fingerprint density at radius 2 is 2.00 bits per heavy atom. The minimum Gasteiger partial charge on any atom is -0.497 e. The summed E-state index contributed by atoms with van der Waals surface area (Å²) >= 11 is 0. The lowest BCUT2D eigenvalue weighted by molar-refractivity contribution is 0.412. The van der Waals surface area contributed by atoms with Crippen molar-refractivity contribution in [1.29, 1.82) is 0 Å². The summed E-state index contributed by atoms with van der Waals surface area (Å²) in [4.78, 5) is 0. The molecule has 1 aromatic carbocycles. The van der Waals surface area contributed by atoms with E-state index in [1.54, 1.807) is 7.11 Å². The van der Waals surface area contributed by atoms with E-state index in [4.69, 9.17) is 4.74 Å². The van der Waals surface area contributed by atoms with E-state index in [1.165, 1.54) is 24.0 Å². The molecule has 0 heterocycles. The van der Waals surface area contributed by atoms with Gasteiger partial charge >= 0.3 is 0 Å². The van der Waals surface area contributed by atoms with E-state index in [-0.39, 0.29) is 11.3 Å². The minimum absolute atomic E-state index is 0.209. The number of aryl methyl sites for hydroxylation is 1. The average molecular weight is 307 g/mol. The zero-order chi connectivity index (χ0) is 14.8. The van der Waals surface area contributed by atoms with Gasteiger partial charge in [0.2, 0.25) is 0 Å². The molecule has 2 aliphatic carbocycles. The lowest BCUT2D eigenvalue weighted by Gasteiger charge is -2.34. The van der Waals surface area contributed by atoms with Crippen molar-refractivity contribution in [1.82, 2.24) is 5.32 Å². The lowest BCUT2D eigenvalue weighted by atomic mass is 9.87. The van der Waals surface area contributed by atoms with Gasteiger partial charge in [0.25, 0.3) is 0 Å². The molecular formula is C17H25NO2S. The van der Waals surface area contributed by atoms with Crippen molar-refractivity contribution in [3.8, 4) is 5.75 Å². The maximum absolute atomic E-state index is 12.9. The maximum Gasteiger partial charge on any atom is 0.119 e. The molecule has 116 valence electrons. The van der Waals surface area contributed by atoms with Gasteiger partial charge in [-0.15, -0.1) is 0 Å². The number of hydrogen-bond donors (Lipinski definition) is 1. The van der Waals surface area contributed by atoms with Crippen molar-refractivity contribution in [2.24, 2.45) is 0 Å². The highest BCUT2D eigenvalue weighted by Crippen LogP contribution is 2.37. The van der Waals surface area contributed by atoms with Crippen LogP contribution in [-0.2, 0) is 17.2 Å². The zero-order valence-electron chi connectivity index (χ0n) is 12.9. The maximum atomic E-state index is 12.9. The lowest BCUT2D eigenvalue weighted by Crippen LogP contribution is -2.39. The third-order valence-corrected chi connectivity index (χ3v) is 7.23. The zero-order valence-corrected chi connectivity index (χ0v) is 13.7. The third-order valence-electron chi connectivity index (χ3n) is 5.00. The summed E-state index contributed by atoms with van der Waals surface area (Å²) in [5.74, 6) is 0.916. The van der Waals surface area contributed by atoms with Crippen LogP contribution in [0.3, 0.4) is 0 Å². The Morgan fingerprint density at radius 3 is 2.67 bits per heavy atom. The molecule has 0 aromatic heterocycles. The molecule has 1 N–H and O–H groups in total. The van der Waals surface area contributed by atoms with E-state index >= 15 is 0 Å². The fourth-order valence-electron chi connectivity index (χ4n) is 3.85. The van der Waals surface area contributed by atoms with Crippen molar-refractivity contribution >= 4 is 10.8 Å². The fourth-order valence-corrected chi connectivity index (χ4v) is 6.05. The highest BCUT2D eigenvalue weighted by Gasteiger charge is 2.36. The Balaban J connectivity index is 1.85. The molecule has 0 bridgehead atoms. The second-order valence-electron chi connectivity index (χ2n) is 6.14. The summed E-state index contributed by atoms with van der Waals surface area (Å²) in [6, 6.07) is 6.51. The molecule has 4 heteroatoms. The summed E-state index contributed by atoms with van der Waals surface area (Å²) in [7, 11) is 2.98. The Hall–Kier alpha value is -0.870. The minimum atomic E-state index is -0.720. The average Bonchev–Trinajstić information content (AvgIpc) is 3.06. The monoisotopic (exact) mass is 307 g/mol. The van der Waals surface area contributed by atoms with E-state index in [9.17, 15) is 4.21 Å². The summed E-state index contributed by atoms with van der Waals surface area (Å²) in [5.41, 5.74) is 2.65. The van der Waals surface area contributed by atoms with Gasteiger partial charge in [0.05, 0.1) is 12.4 Å². The molecule has 1 saturated carbocycles. The second kappa shape index (κ2) is 6.49. The van der Waals surface area contributed by atoms with Crippen molar-refractivity contribution in [2.45, 2.75) is 55.1 Å². The van der Waals surface area contributed by atoms with E-state index in [1.807, 2.05) is 13.1 Å². The van der Waals surface area contributed by atoms with Crippen LogP contribution < -0.4 is 10.1 Å². The van der Waals surface area contributed by atoms with Crippen molar-refractivity contribution in [2.75, 3.05) is 14.2 Å². The smallest absolute Gasteiger partial charge is 0.119 e. The molecule has 0 amide bonds. The van der Waals surface area contributed by atoms with Gasteiger partial charge in [0.1, 0.15) is 5.75 Å². The van der Waals surface area contributed by atoms with Crippen molar-refractivity contribution in [3.05, 3.63) is 29.3 Å². The molecule has 0 spiro atoms. The molecule has 1 fully saturated rings. The largest absolute Gasteiger partial charge is 0.497 e. The summed E-state index contributed by atoms with van der Waals surface area (Å²) in [6.45, 7) is 0. The van der Waals surface area contributed by atoms with Gasteiger partial charge in [0.15, 0.2) is 0 Å². The number of ether oxygens (including phenoxy) is 1. The van der Waals surface area contributed by atoms with Crippen LogP contribution in [0.15, 0.2) is 18.2 Å². The van der Waals surface area contributed by atoms with Crippen LogP contribution in [0.1, 0.15) is 49.3 Å². The van der Waals surface area contributed by atoms with E-state index in [0.29, 0.717) is 5.25 Å². The molecule has 3 rings (SSSR count). The number of hydrogen-bond acceptors (Lipinski definition) is 3. The number of fused-ring (bicyclic) bond motifs is 1. The molecule has 0 radical (unpaired) electrons. The van der Waals surface area contributed by atoms with Crippen LogP contribution in [0, 0.1) is 0 Å². The fraction of sp³-hybridized carbons (Fsp3) is 0.647. The SMILES string of the molecule is CNC1c2ccc(OC)cc2CCC1S(=O)C1CCCC1. The number of rotatable bonds is 4. The van der Waals surface area contributed by atoms with Crippen LogP contribution >= 0.6 is 0 Å². The third kappa shape index (κ3) is 2.88. The first-order chi connectivity index (χ1) is 10.2. The van der Waals surface area contributed by atoms with Crippen LogP contribution in [0.4, 0.5) is 0 Å². The normalized spacial score (nSPS) is 27.3. The predicted octanol–water partition coefficient (Wildman–Crippen LogP) is 2.96. The van der Waals surface area contributed by atoms with Crippen molar-refractivity contribution < 1.29 is 8.95 Å². The van der Waals surface area contributed by atoms with E-state index in [0.717, 1.165) is 31.4 Å². The molecule has 0 aliphatic heterocycles. The highest BCUT2D eigenvalue weighted by molar-refractivity contribution is 7.86. The standard InChI is InChI=1S/C17H25NO2S/c1-18-17-15-9-8-13(20-2)11-12(15)7-10-16(17)21(19)14-5-3-4-6-14/h8-9,11,14,16-18H,3-7,10H2,1-2H3. The van der Waals surface area contributed by atoms with Gasteiger partial charge in [0, 0.05) is 22.1 Å². The van der Waals surface area contributed by atoms with Crippen molar-refractivity contribution in [3.63, 3.8) is 0 Å². The summed E-state index contributed by atoms with van der Waals surface area (Å²) in [6.07, 6.45) is 6.81. The Labute approximate surface area is 129 Å². The summed E-state index contributed by atoms with van der Waals surface area (Å²) in [5, 5.41) is 4.09. The second-order valence-corrected chi connectivity index (χ2v) is 8.07. The topological polar surface area (TPSA) is 38.3 Å². The number of benzene rings is 1. The van der Waals surface area contributed by atoms with Gasteiger partial charge in [-0.2, -0.15) is 0 Å². The Kier molecular flexibility index (Phi) is 4.65. The van der Waals surface area contributed by atoms with E-state index < -0.39 is 10.8 Å².